The van der Waals surface area contributed by atoms with E-state index < -0.39 is 10.0 Å². The van der Waals surface area contributed by atoms with Gasteiger partial charge in [0.25, 0.3) is 5.91 Å². The lowest BCUT2D eigenvalue weighted by molar-refractivity contribution is 0.0774. The fourth-order valence-corrected chi connectivity index (χ4v) is 3.49. The zero-order valence-corrected chi connectivity index (χ0v) is 15.1. The Morgan fingerprint density at radius 3 is 2.48 bits per heavy atom. The van der Waals surface area contributed by atoms with E-state index in [1.807, 2.05) is 0 Å². The van der Waals surface area contributed by atoms with E-state index in [0.29, 0.717) is 28.1 Å². The van der Waals surface area contributed by atoms with E-state index in [0.717, 1.165) is 6.42 Å². The summed E-state index contributed by atoms with van der Waals surface area (Å²) in [6.45, 7) is 6.34. The van der Waals surface area contributed by atoms with Crippen molar-refractivity contribution in [1.82, 2.24) is 4.90 Å². The maximum atomic E-state index is 12.5. The van der Waals surface area contributed by atoms with Crippen LogP contribution >= 0.6 is 15.9 Å². The number of amides is 1. The molecule has 5 nitrogen and oxygen atoms in total. The predicted molar refractivity (Wildman–Crippen MR) is 86.7 cm³/mol. The Morgan fingerprint density at radius 1 is 1.43 bits per heavy atom. The van der Waals surface area contributed by atoms with Crippen molar-refractivity contribution >= 4 is 31.9 Å². The van der Waals surface area contributed by atoms with E-state index in [2.05, 4.69) is 29.8 Å². The topological polar surface area (TPSA) is 80.5 Å². The van der Waals surface area contributed by atoms with Gasteiger partial charge in [-0.05, 0) is 30.5 Å². The monoisotopic (exact) mass is 376 g/mol. The molecule has 0 bridgehead atoms. The Kier molecular flexibility index (Phi) is 5.95. The van der Waals surface area contributed by atoms with Gasteiger partial charge in [0.15, 0.2) is 0 Å². The van der Waals surface area contributed by atoms with Gasteiger partial charge >= 0.3 is 0 Å². The summed E-state index contributed by atoms with van der Waals surface area (Å²) in [5.74, 6) is 0.170. The molecule has 0 aliphatic rings. The summed E-state index contributed by atoms with van der Waals surface area (Å²) in [5, 5.41) is 5.20. The fourth-order valence-electron chi connectivity index (χ4n) is 2.06. The van der Waals surface area contributed by atoms with E-state index >= 15 is 0 Å². The number of nitrogens with zero attached hydrogens (tertiary/aromatic N) is 1. The van der Waals surface area contributed by atoms with Crippen LogP contribution in [0.2, 0.25) is 0 Å². The summed E-state index contributed by atoms with van der Waals surface area (Å²) in [7, 11) is -2.15. The first-order valence-electron chi connectivity index (χ1n) is 6.66. The number of primary sulfonamides is 1. The number of halogens is 1. The number of carbonyl (C=O) groups excluding carboxylic acids is 1. The van der Waals surface area contributed by atoms with Crippen molar-refractivity contribution in [2.75, 3.05) is 13.6 Å². The van der Waals surface area contributed by atoms with Gasteiger partial charge in [-0.3, -0.25) is 4.79 Å². The second kappa shape index (κ2) is 6.89. The maximum absolute atomic E-state index is 12.5. The molecule has 0 saturated carbocycles. The van der Waals surface area contributed by atoms with Crippen molar-refractivity contribution in [3.8, 4) is 0 Å². The van der Waals surface area contributed by atoms with Crippen LogP contribution in [0, 0.1) is 12.8 Å². The first-order valence-corrected chi connectivity index (χ1v) is 9.00. The zero-order valence-electron chi connectivity index (χ0n) is 12.7. The number of nitrogens with two attached hydrogens (primary N) is 1. The lowest BCUT2D eigenvalue weighted by atomic mass is 10.1. The molecule has 1 unspecified atom stereocenters. The molecule has 1 rings (SSSR count). The molecule has 7 heteroatoms. The molecule has 1 aromatic carbocycles. The van der Waals surface area contributed by atoms with Gasteiger partial charge in [0.2, 0.25) is 10.0 Å². The number of hydrogen-bond donors (Lipinski definition) is 1. The highest BCUT2D eigenvalue weighted by Gasteiger charge is 2.22. The largest absolute Gasteiger partial charge is 0.341 e. The van der Waals surface area contributed by atoms with Gasteiger partial charge in [-0.2, -0.15) is 0 Å². The number of carbonyl (C=O) groups is 1. The molecular formula is C14H21BrN2O3S. The van der Waals surface area contributed by atoms with Crippen molar-refractivity contribution < 1.29 is 13.2 Å². The molecule has 21 heavy (non-hydrogen) atoms. The van der Waals surface area contributed by atoms with Crippen LogP contribution in [0.25, 0.3) is 0 Å². The molecule has 2 N–H and O–H groups in total. The average Bonchev–Trinajstić information content (AvgIpc) is 2.38. The summed E-state index contributed by atoms with van der Waals surface area (Å²) >= 11 is 3.23. The fraction of sp³-hybridized carbons (Fsp3) is 0.500. The molecule has 0 spiro atoms. The highest BCUT2D eigenvalue weighted by atomic mass is 79.9. The van der Waals surface area contributed by atoms with Crippen LogP contribution in [0.1, 0.15) is 36.2 Å². The minimum atomic E-state index is -3.87. The van der Waals surface area contributed by atoms with Crippen LogP contribution < -0.4 is 5.14 Å². The number of rotatable bonds is 5. The number of benzene rings is 1. The van der Waals surface area contributed by atoms with Crippen LogP contribution in [0.3, 0.4) is 0 Å². The van der Waals surface area contributed by atoms with Gasteiger partial charge in [0, 0.05) is 23.6 Å². The average molecular weight is 377 g/mol. The van der Waals surface area contributed by atoms with Gasteiger partial charge in [-0.15, -0.1) is 0 Å². The third-order valence-corrected chi connectivity index (χ3v) is 4.99. The summed E-state index contributed by atoms with van der Waals surface area (Å²) in [4.78, 5) is 14.1. The number of hydrogen-bond acceptors (Lipinski definition) is 3. The van der Waals surface area contributed by atoms with Crippen LogP contribution in [0.15, 0.2) is 21.5 Å². The SMILES string of the molecule is CCC(C)CN(C)C(=O)c1cc(Br)cc(S(N)(=O)=O)c1C. The van der Waals surface area contributed by atoms with Crippen molar-refractivity contribution in [3.05, 3.63) is 27.7 Å². The molecule has 0 saturated heterocycles. The highest BCUT2D eigenvalue weighted by molar-refractivity contribution is 9.10. The Hall–Kier alpha value is -0.920. The molecule has 0 aliphatic heterocycles. The molecular weight excluding hydrogens is 356 g/mol. The molecule has 0 radical (unpaired) electrons. The van der Waals surface area contributed by atoms with Crippen molar-refractivity contribution in [1.29, 1.82) is 0 Å². The van der Waals surface area contributed by atoms with Crippen LogP contribution in [-0.4, -0.2) is 32.8 Å². The second-order valence-electron chi connectivity index (χ2n) is 5.32. The maximum Gasteiger partial charge on any atom is 0.253 e. The Morgan fingerprint density at radius 2 is 2.00 bits per heavy atom. The van der Waals surface area contributed by atoms with Crippen LogP contribution in [-0.2, 0) is 10.0 Å². The molecule has 0 fully saturated rings. The van der Waals surface area contributed by atoms with E-state index in [1.165, 1.54) is 6.07 Å². The summed E-state index contributed by atoms with van der Waals surface area (Å²) in [5.41, 5.74) is 0.723. The first kappa shape index (κ1) is 18.1. The smallest absolute Gasteiger partial charge is 0.253 e. The van der Waals surface area contributed by atoms with Crippen LogP contribution in [0.5, 0.6) is 0 Å². The van der Waals surface area contributed by atoms with Gasteiger partial charge in [-0.25, -0.2) is 13.6 Å². The number of sulfonamides is 1. The van der Waals surface area contributed by atoms with Crippen molar-refractivity contribution in [2.45, 2.75) is 32.1 Å². The lowest BCUT2D eigenvalue weighted by Gasteiger charge is -2.22. The minimum absolute atomic E-state index is 0.0304. The normalized spacial score (nSPS) is 13.0. The van der Waals surface area contributed by atoms with E-state index in [1.54, 1.807) is 24.9 Å². The summed E-state index contributed by atoms with van der Waals surface area (Å²) in [6, 6.07) is 3.04. The molecule has 1 atom stereocenters. The standard InChI is InChI=1S/C14H21BrN2O3S/c1-5-9(2)8-17(4)14(18)12-6-11(15)7-13(10(12)3)21(16,19)20/h6-7,9H,5,8H2,1-4H3,(H2,16,19,20). The summed E-state index contributed by atoms with van der Waals surface area (Å²) < 4.78 is 23.7. The van der Waals surface area contributed by atoms with Gasteiger partial charge in [0.05, 0.1) is 4.90 Å². The van der Waals surface area contributed by atoms with Gasteiger partial charge in [0.1, 0.15) is 0 Å². The Balaban J connectivity index is 3.25. The van der Waals surface area contributed by atoms with Crippen molar-refractivity contribution in [2.24, 2.45) is 11.1 Å². The summed E-state index contributed by atoms with van der Waals surface area (Å²) in [6.07, 6.45) is 0.970. The molecule has 1 amide bonds. The molecule has 0 aromatic heterocycles. The van der Waals surface area contributed by atoms with E-state index in [4.69, 9.17) is 5.14 Å². The van der Waals surface area contributed by atoms with E-state index in [9.17, 15) is 13.2 Å². The van der Waals surface area contributed by atoms with Crippen LogP contribution in [0.4, 0.5) is 0 Å². The van der Waals surface area contributed by atoms with Gasteiger partial charge < -0.3 is 4.90 Å². The zero-order chi connectivity index (χ0) is 16.4. The Bertz CT molecular complexity index is 644. The Labute approximate surface area is 134 Å². The predicted octanol–water partition coefficient (Wildman–Crippen LogP) is 2.52. The first-order chi connectivity index (χ1) is 9.57. The minimum Gasteiger partial charge on any atom is -0.341 e. The van der Waals surface area contributed by atoms with E-state index in [-0.39, 0.29) is 10.8 Å². The third-order valence-electron chi connectivity index (χ3n) is 3.49. The van der Waals surface area contributed by atoms with Crippen molar-refractivity contribution in [3.63, 3.8) is 0 Å². The lowest BCUT2D eigenvalue weighted by Crippen LogP contribution is -2.31. The third kappa shape index (κ3) is 4.52. The quantitative estimate of drug-likeness (QED) is 0.856. The molecule has 0 aliphatic carbocycles. The molecule has 1 aromatic rings. The molecule has 118 valence electrons. The second-order valence-corrected chi connectivity index (χ2v) is 7.77. The highest BCUT2D eigenvalue weighted by Crippen LogP contribution is 2.25. The molecule has 0 heterocycles. The van der Waals surface area contributed by atoms with Gasteiger partial charge in [-0.1, -0.05) is 36.2 Å².